The van der Waals surface area contributed by atoms with Crippen LogP contribution in [0.15, 0.2) is 30.7 Å². The predicted molar refractivity (Wildman–Crippen MR) is 86.7 cm³/mol. The van der Waals surface area contributed by atoms with E-state index in [1.165, 1.54) is 10.4 Å². The molecule has 0 spiro atoms. The molecular formula is C15H21N5S. The van der Waals surface area contributed by atoms with Gasteiger partial charge >= 0.3 is 0 Å². The molecule has 6 heteroatoms. The maximum absolute atomic E-state index is 4.47. The molecule has 2 aromatic rings. The van der Waals surface area contributed by atoms with E-state index in [-0.39, 0.29) is 0 Å². The fourth-order valence-electron chi connectivity index (χ4n) is 2.61. The zero-order valence-electron chi connectivity index (χ0n) is 12.5. The number of anilines is 1. The van der Waals surface area contributed by atoms with Gasteiger partial charge in [0, 0.05) is 69.8 Å². The first-order valence-corrected chi connectivity index (χ1v) is 8.02. The van der Waals surface area contributed by atoms with E-state index in [1.807, 2.05) is 38.8 Å². The summed E-state index contributed by atoms with van der Waals surface area (Å²) < 4.78 is 0. The number of thiazole rings is 1. The van der Waals surface area contributed by atoms with Crippen molar-refractivity contribution in [2.75, 3.05) is 38.6 Å². The highest BCUT2D eigenvalue weighted by Crippen LogP contribution is 2.27. The Morgan fingerprint density at radius 2 is 2.33 bits per heavy atom. The molecule has 1 aliphatic rings. The molecule has 0 aromatic carbocycles. The number of piperazine rings is 1. The standard InChI is InChI=1S/C15H21N5S/c1-19(2)15-18-9-13(21-15)11-20-7-6-17-10-14(20)12-4-3-5-16-8-12/h3-5,8-9,14,17H,6-7,10-11H2,1-2H3. The van der Waals surface area contributed by atoms with E-state index in [2.05, 4.69) is 31.2 Å². The molecule has 0 aliphatic carbocycles. The molecule has 1 unspecified atom stereocenters. The SMILES string of the molecule is CN(C)c1ncc(CN2CCNCC2c2cccnc2)s1. The van der Waals surface area contributed by atoms with Crippen LogP contribution in [-0.2, 0) is 6.54 Å². The second-order valence-electron chi connectivity index (χ2n) is 5.48. The van der Waals surface area contributed by atoms with Crippen molar-refractivity contribution in [3.63, 3.8) is 0 Å². The van der Waals surface area contributed by atoms with Gasteiger partial charge in [-0.05, 0) is 11.6 Å². The van der Waals surface area contributed by atoms with Crippen molar-refractivity contribution >= 4 is 16.5 Å². The van der Waals surface area contributed by atoms with Crippen LogP contribution in [0.2, 0.25) is 0 Å². The van der Waals surface area contributed by atoms with Gasteiger partial charge in [0.05, 0.1) is 0 Å². The van der Waals surface area contributed by atoms with Crippen molar-refractivity contribution in [2.45, 2.75) is 12.6 Å². The van der Waals surface area contributed by atoms with Crippen LogP contribution in [0.3, 0.4) is 0 Å². The highest BCUT2D eigenvalue weighted by molar-refractivity contribution is 7.15. The van der Waals surface area contributed by atoms with Crippen molar-refractivity contribution in [2.24, 2.45) is 0 Å². The maximum atomic E-state index is 4.47. The van der Waals surface area contributed by atoms with E-state index in [4.69, 9.17) is 0 Å². The van der Waals surface area contributed by atoms with Crippen LogP contribution >= 0.6 is 11.3 Å². The first-order chi connectivity index (χ1) is 10.2. The first kappa shape index (κ1) is 14.4. The summed E-state index contributed by atoms with van der Waals surface area (Å²) >= 11 is 1.77. The average Bonchev–Trinajstić information content (AvgIpc) is 2.98. The Labute approximate surface area is 129 Å². The van der Waals surface area contributed by atoms with Gasteiger partial charge in [-0.3, -0.25) is 9.88 Å². The van der Waals surface area contributed by atoms with Crippen LogP contribution in [0.5, 0.6) is 0 Å². The summed E-state index contributed by atoms with van der Waals surface area (Å²) in [5, 5.41) is 4.55. The fourth-order valence-corrected chi connectivity index (χ4v) is 3.47. The van der Waals surface area contributed by atoms with Crippen LogP contribution in [-0.4, -0.2) is 48.6 Å². The lowest BCUT2D eigenvalue weighted by Gasteiger charge is -2.35. The van der Waals surface area contributed by atoms with Gasteiger partial charge in [-0.1, -0.05) is 6.07 Å². The van der Waals surface area contributed by atoms with Crippen LogP contribution in [0.1, 0.15) is 16.5 Å². The lowest BCUT2D eigenvalue weighted by atomic mass is 10.1. The van der Waals surface area contributed by atoms with E-state index < -0.39 is 0 Å². The molecule has 1 fully saturated rings. The van der Waals surface area contributed by atoms with Gasteiger partial charge in [0.1, 0.15) is 0 Å². The normalized spacial score (nSPS) is 19.6. The Hall–Kier alpha value is -1.50. The van der Waals surface area contributed by atoms with Crippen LogP contribution < -0.4 is 10.2 Å². The number of rotatable bonds is 4. The van der Waals surface area contributed by atoms with Gasteiger partial charge < -0.3 is 10.2 Å². The second kappa shape index (κ2) is 6.51. The van der Waals surface area contributed by atoms with Crippen LogP contribution in [0.4, 0.5) is 5.13 Å². The molecule has 0 bridgehead atoms. The summed E-state index contributed by atoms with van der Waals surface area (Å²) in [6, 6.07) is 4.56. The number of nitrogens with zero attached hydrogens (tertiary/aromatic N) is 4. The van der Waals surface area contributed by atoms with Gasteiger partial charge in [0.25, 0.3) is 0 Å². The minimum Gasteiger partial charge on any atom is -0.354 e. The molecule has 1 saturated heterocycles. The van der Waals surface area contributed by atoms with E-state index in [0.717, 1.165) is 31.3 Å². The Bertz CT molecular complexity index is 568. The molecule has 5 nitrogen and oxygen atoms in total. The second-order valence-corrected chi connectivity index (χ2v) is 6.57. The minimum absolute atomic E-state index is 0.386. The van der Waals surface area contributed by atoms with E-state index in [9.17, 15) is 0 Å². The Morgan fingerprint density at radius 1 is 1.43 bits per heavy atom. The number of pyridine rings is 1. The number of aromatic nitrogens is 2. The third kappa shape index (κ3) is 3.40. The highest BCUT2D eigenvalue weighted by Gasteiger charge is 2.24. The molecule has 0 saturated carbocycles. The van der Waals surface area contributed by atoms with Gasteiger partial charge in [-0.15, -0.1) is 11.3 Å². The number of hydrogen-bond donors (Lipinski definition) is 1. The fraction of sp³-hybridized carbons (Fsp3) is 0.467. The highest BCUT2D eigenvalue weighted by atomic mass is 32.1. The van der Waals surface area contributed by atoms with Crippen molar-refractivity contribution in [3.05, 3.63) is 41.2 Å². The third-order valence-corrected chi connectivity index (χ3v) is 4.86. The summed E-state index contributed by atoms with van der Waals surface area (Å²) in [7, 11) is 4.07. The van der Waals surface area contributed by atoms with Gasteiger partial charge in [0.15, 0.2) is 5.13 Å². The summed E-state index contributed by atoms with van der Waals surface area (Å²) in [5.74, 6) is 0. The molecule has 3 rings (SSSR count). The topological polar surface area (TPSA) is 44.3 Å². The molecule has 2 aromatic heterocycles. The molecule has 112 valence electrons. The average molecular weight is 303 g/mol. The Kier molecular flexibility index (Phi) is 4.48. The van der Waals surface area contributed by atoms with E-state index in [1.54, 1.807) is 11.3 Å². The van der Waals surface area contributed by atoms with Crippen LogP contribution in [0, 0.1) is 0 Å². The number of nitrogens with one attached hydrogen (secondary N) is 1. The zero-order valence-corrected chi connectivity index (χ0v) is 13.3. The maximum Gasteiger partial charge on any atom is 0.185 e. The monoisotopic (exact) mass is 303 g/mol. The van der Waals surface area contributed by atoms with Crippen LogP contribution in [0.25, 0.3) is 0 Å². The lowest BCUT2D eigenvalue weighted by molar-refractivity contribution is 0.155. The molecule has 1 atom stereocenters. The summed E-state index contributed by atoms with van der Waals surface area (Å²) in [6.45, 7) is 4.02. The number of hydrogen-bond acceptors (Lipinski definition) is 6. The third-order valence-electron chi connectivity index (χ3n) is 3.71. The van der Waals surface area contributed by atoms with Crippen molar-refractivity contribution in [3.8, 4) is 0 Å². The lowest BCUT2D eigenvalue weighted by Crippen LogP contribution is -2.45. The molecule has 1 aliphatic heterocycles. The van der Waals surface area contributed by atoms with Crippen molar-refractivity contribution in [1.29, 1.82) is 0 Å². The minimum atomic E-state index is 0.386. The quantitative estimate of drug-likeness (QED) is 0.932. The largest absolute Gasteiger partial charge is 0.354 e. The summed E-state index contributed by atoms with van der Waals surface area (Å²) in [4.78, 5) is 14.6. The van der Waals surface area contributed by atoms with E-state index in [0.29, 0.717) is 6.04 Å². The predicted octanol–water partition coefficient (Wildman–Crippen LogP) is 1.75. The van der Waals surface area contributed by atoms with Crippen molar-refractivity contribution < 1.29 is 0 Å². The summed E-state index contributed by atoms with van der Waals surface area (Å²) in [6.07, 6.45) is 5.81. The van der Waals surface area contributed by atoms with Gasteiger partial charge in [0.2, 0.25) is 0 Å². The first-order valence-electron chi connectivity index (χ1n) is 7.21. The molecule has 3 heterocycles. The molecule has 0 amide bonds. The van der Waals surface area contributed by atoms with Gasteiger partial charge in [-0.25, -0.2) is 4.98 Å². The Morgan fingerprint density at radius 3 is 3.05 bits per heavy atom. The smallest absolute Gasteiger partial charge is 0.185 e. The molecule has 0 radical (unpaired) electrons. The van der Waals surface area contributed by atoms with Crippen molar-refractivity contribution in [1.82, 2.24) is 20.2 Å². The van der Waals surface area contributed by atoms with Gasteiger partial charge in [-0.2, -0.15) is 0 Å². The molecule has 21 heavy (non-hydrogen) atoms. The molecule has 1 N–H and O–H groups in total. The Balaban J connectivity index is 1.75. The zero-order chi connectivity index (χ0) is 14.7. The van der Waals surface area contributed by atoms with E-state index >= 15 is 0 Å². The molecular weight excluding hydrogens is 282 g/mol. The summed E-state index contributed by atoms with van der Waals surface area (Å²) in [5.41, 5.74) is 1.28.